The van der Waals surface area contributed by atoms with E-state index in [1.807, 2.05) is 41.8 Å². The molecule has 0 radical (unpaired) electrons. The predicted octanol–water partition coefficient (Wildman–Crippen LogP) is 1.96. The van der Waals surface area contributed by atoms with Crippen LogP contribution in [0.3, 0.4) is 0 Å². The molecule has 0 amide bonds. The predicted molar refractivity (Wildman–Crippen MR) is 94.2 cm³/mol. The van der Waals surface area contributed by atoms with Gasteiger partial charge in [-0.05, 0) is 43.2 Å². The lowest BCUT2D eigenvalue weighted by molar-refractivity contribution is 0.402. The number of sulfonamides is 1. The molecule has 0 aliphatic rings. The number of nitrogens with one attached hydrogen (secondary N) is 1. The zero-order valence-corrected chi connectivity index (χ0v) is 15.0. The van der Waals surface area contributed by atoms with E-state index in [0.29, 0.717) is 25.1 Å². The van der Waals surface area contributed by atoms with Crippen LogP contribution in [0.25, 0.3) is 5.65 Å². The van der Waals surface area contributed by atoms with E-state index in [2.05, 4.69) is 14.9 Å². The lowest BCUT2D eigenvalue weighted by Crippen LogP contribution is -2.25. The van der Waals surface area contributed by atoms with Crippen molar-refractivity contribution in [3.63, 3.8) is 0 Å². The quantitative estimate of drug-likeness (QED) is 0.651. The summed E-state index contributed by atoms with van der Waals surface area (Å²) in [6.07, 6.45) is 3.13. The second-order valence-corrected chi connectivity index (χ2v) is 7.44. The largest absolute Gasteiger partial charge is 0.495 e. The van der Waals surface area contributed by atoms with Crippen LogP contribution in [0.4, 0.5) is 0 Å². The minimum atomic E-state index is -3.63. The molecule has 3 rings (SSSR count). The van der Waals surface area contributed by atoms with Gasteiger partial charge in [-0.2, -0.15) is 0 Å². The Hall–Kier alpha value is -2.45. The lowest BCUT2D eigenvalue weighted by Gasteiger charge is -2.11. The summed E-state index contributed by atoms with van der Waals surface area (Å²) >= 11 is 0. The van der Waals surface area contributed by atoms with E-state index in [9.17, 15) is 8.42 Å². The molecule has 0 fully saturated rings. The smallest absolute Gasteiger partial charge is 0.244 e. The Balaban J connectivity index is 1.64. The molecule has 0 bridgehead atoms. The summed E-state index contributed by atoms with van der Waals surface area (Å²) in [6.45, 7) is 2.15. The van der Waals surface area contributed by atoms with Crippen LogP contribution in [-0.2, 0) is 16.4 Å². The van der Waals surface area contributed by atoms with Crippen molar-refractivity contribution in [1.82, 2.24) is 19.3 Å². The van der Waals surface area contributed by atoms with E-state index in [1.165, 1.54) is 7.11 Å². The molecule has 2 aromatic heterocycles. The average Bonchev–Trinajstić information content (AvgIpc) is 3.02. The molecule has 0 saturated carbocycles. The Morgan fingerprint density at radius 1 is 1.20 bits per heavy atom. The first kappa shape index (κ1) is 17.4. The molecule has 1 N–H and O–H groups in total. The molecule has 0 atom stereocenters. The zero-order valence-electron chi connectivity index (χ0n) is 14.1. The highest BCUT2D eigenvalue weighted by Crippen LogP contribution is 2.24. The van der Waals surface area contributed by atoms with Gasteiger partial charge in [0.2, 0.25) is 10.0 Å². The van der Waals surface area contributed by atoms with Gasteiger partial charge in [-0.15, -0.1) is 10.2 Å². The maximum absolute atomic E-state index is 12.5. The highest BCUT2D eigenvalue weighted by atomic mass is 32.2. The van der Waals surface area contributed by atoms with Gasteiger partial charge in [-0.3, -0.25) is 4.40 Å². The van der Waals surface area contributed by atoms with Crippen LogP contribution in [0.1, 0.15) is 17.8 Å². The van der Waals surface area contributed by atoms with E-state index in [1.54, 1.807) is 12.1 Å². The van der Waals surface area contributed by atoms with Gasteiger partial charge in [0, 0.05) is 19.2 Å². The molecule has 0 aliphatic heterocycles. The van der Waals surface area contributed by atoms with Crippen molar-refractivity contribution in [2.75, 3.05) is 13.7 Å². The summed E-state index contributed by atoms with van der Waals surface area (Å²) in [6, 6.07) is 10.8. The second kappa shape index (κ2) is 7.20. The van der Waals surface area contributed by atoms with Crippen LogP contribution in [0.2, 0.25) is 0 Å². The van der Waals surface area contributed by atoms with Gasteiger partial charge in [0.15, 0.2) is 5.65 Å². The van der Waals surface area contributed by atoms with Gasteiger partial charge in [0.25, 0.3) is 0 Å². The first-order valence-electron chi connectivity index (χ1n) is 7.94. The summed E-state index contributed by atoms with van der Waals surface area (Å²) in [5.41, 5.74) is 1.64. The summed E-state index contributed by atoms with van der Waals surface area (Å²) in [4.78, 5) is 0.155. The third kappa shape index (κ3) is 3.80. The number of aromatic nitrogens is 3. The summed E-state index contributed by atoms with van der Waals surface area (Å²) in [7, 11) is -2.17. The highest BCUT2D eigenvalue weighted by Gasteiger charge is 2.19. The number of rotatable bonds is 7. The maximum Gasteiger partial charge on any atom is 0.244 e. The molecule has 3 aromatic rings. The number of aryl methyl sites for hydroxylation is 2. The molecule has 132 valence electrons. The van der Waals surface area contributed by atoms with E-state index < -0.39 is 10.0 Å². The van der Waals surface area contributed by atoms with Crippen LogP contribution in [0, 0.1) is 6.92 Å². The number of methoxy groups -OCH3 is 1. The van der Waals surface area contributed by atoms with E-state index >= 15 is 0 Å². The number of benzene rings is 1. The number of hydrogen-bond donors (Lipinski definition) is 1. The fourth-order valence-corrected chi connectivity index (χ4v) is 3.91. The molecule has 1 aromatic carbocycles. The maximum atomic E-state index is 12.5. The summed E-state index contributed by atoms with van der Waals surface area (Å²) in [5, 5.41) is 8.23. The van der Waals surface area contributed by atoms with Gasteiger partial charge >= 0.3 is 0 Å². The zero-order chi connectivity index (χ0) is 17.9. The molecule has 0 saturated heterocycles. The Morgan fingerprint density at radius 2 is 2.04 bits per heavy atom. The van der Waals surface area contributed by atoms with E-state index in [0.717, 1.165) is 17.0 Å². The van der Waals surface area contributed by atoms with Crippen molar-refractivity contribution in [2.24, 2.45) is 0 Å². The minimum Gasteiger partial charge on any atom is -0.495 e. The van der Waals surface area contributed by atoms with Crippen LogP contribution >= 0.6 is 0 Å². The topological polar surface area (TPSA) is 85.6 Å². The Morgan fingerprint density at radius 3 is 2.84 bits per heavy atom. The van der Waals surface area contributed by atoms with E-state index in [4.69, 9.17) is 4.74 Å². The molecule has 0 spiro atoms. The van der Waals surface area contributed by atoms with Crippen LogP contribution in [0.15, 0.2) is 47.5 Å². The number of hydrogen-bond acceptors (Lipinski definition) is 5. The third-order valence-corrected chi connectivity index (χ3v) is 5.34. The molecule has 0 unspecified atom stereocenters. The van der Waals surface area contributed by atoms with Crippen LogP contribution < -0.4 is 9.46 Å². The molecule has 0 aliphatic carbocycles. The summed E-state index contributed by atoms with van der Waals surface area (Å²) < 4.78 is 34.7. The van der Waals surface area contributed by atoms with Crippen molar-refractivity contribution in [3.05, 3.63) is 54.0 Å². The van der Waals surface area contributed by atoms with Crippen molar-refractivity contribution in [3.8, 4) is 5.75 Å². The number of ether oxygens (including phenoxy) is 1. The molecule has 25 heavy (non-hydrogen) atoms. The Labute approximate surface area is 146 Å². The van der Waals surface area contributed by atoms with Crippen LogP contribution in [-0.4, -0.2) is 36.7 Å². The molecule has 8 heteroatoms. The van der Waals surface area contributed by atoms with E-state index in [-0.39, 0.29) is 4.90 Å². The monoisotopic (exact) mass is 360 g/mol. The van der Waals surface area contributed by atoms with Crippen molar-refractivity contribution < 1.29 is 13.2 Å². The second-order valence-electron chi connectivity index (χ2n) is 5.70. The van der Waals surface area contributed by atoms with Crippen LogP contribution in [0.5, 0.6) is 5.75 Å². The Kier molecular flexibility index (Phi) is 5.00. The molecule has 2 heterocycles. The first-order valence-corrected chi connectivity index (χ1v) is 9.42. The standard InChI is InChI=1S/C17H20N4O3S/c1-13-8-9-14(24-2)15(12-13)25(22,23)18-10-5-7-17-20-19-16-6-3-4-11-21(16)17/h3-4,6,8-9,11-12,18H,5,7,10H2,1-2H3. The van der Waals surface area contributed by atoms with Gasteiger partial charge in [0.1, 0.15) is 16.5 Å². The van der Waals surface area contributed by atoms with Gasteiger partial charge in [0.05, 0.1) is 7.11 Å². The lowest BCUT2D eigenvalue weighted by atomic mass is 10.2. The number of nitrogens with zero attached hydrogens (tertiary/aromatic N) is 3. The fraction of sp³-hybridized carbons (Fsp3) is 0.294. The summed E-state index contributed by atoms with van der Waals surface area (Å²) in [5.74, 6) is 1.14. The number of fused-ring (bicyclic) bond motifs is 1. The van der Waals surface area contributed by atoms with Crippen molar-refractivity contribution in [2.45, 2.75) is 24.7 Å². The van der Waals surface area contributed by atoms with Crippen molar-refractivity contribution in [1.29, 1.82) is 0 Å². The van der Waals surface area contributed by atoms with Gasteiger partial charge in [-0.25, -0.2) is 13.1 Å². The van der Waals surface area contributed by atoms with Crippen molar-refractivity contribution >= 4 is 15.7 Å². The average molecular weight is 360 g/mol. The van der Waals surface area contributed by atoms with Gasteiger partial charge < -0.3 is 4.74 Å². The van der Waals surface area contributed by atoms with Gasteiger partial charge in [-0.1, -0.05) is 12.1 Å². The normalized spacial score (nSPS) is 11.8. The molecule has 7 nitrogen and oxygen atoms in total. The third-order valence-electron chi connectivity index (χ3n) is 3.86. The minimum absolute atomic E-state index is 0.155. The number of pyridine rings is 1. The SMILES string of the molecule is COc1ccc(C)cc1S(=O)(=O)NCCCc1nnc2ccccn12. The fourth-order valence-electron chi connectivity index (χ4n) is 2.59. The highest BCUT2D eigenvalue weighted by molar-refractivity contribution is 7.89. The molecular weight excluding hydrogens is 340 g/mol. The Bertz CT molecular complexity index is 982. The molecular formula is C17H20N4O3S. The first-order chi connectivity index (χ1) is 12.0.